The maximum atomic E-state index is 12.4. The molecule has 2 heterocycles. The summed E-state index contributed by atoms with van der Waals surface area (Å²) in [4.78, 5) is 6.26. The standard InChI is InChI=1S/C10H14FN3/c11-6-8-3-5-14(7-8)10-9(12)2-1-4-13-10/h1-2,4,8H,3,5-7,12H2. The average molecular weight is 195 g/mol. The Morgan fingerprint density at radius 3 is 3.14 bits per heavy atom. The van der Waals surface area contributed by atoms with E-state index >= 15 is 0 Å². The molecule has 0 aromatic carbocycles. The summed E-state index contributed by atoms with van der Waals surface area (Å²) in [7, 11) is 0. The van der Waals surface area contributed by atoms with Gasteiger partial charge in [-0.3, -0.25) is 4.39 Å². The number of halogens is 1. The van der Waals surface area contributed by atoms with E-state index in [1.807, 2.05) is 12.1 Å². The third-order valence-electron chi connectivity index (χ3n) is 2.62. The van der Waals surface area contributed by atoms with Gasteiger partial charge in [0.25, 0.3) is 0 Å². The Bertz CT molecular complexity index is 316. The minimum Gasteiger partial charge on any atom is -0.396 e. The Kier molecular flexibility index (Phi) is 2.52. The fraction of sp³-hybridized carbons (Fsp3) is 0.500. The first-order valence-corrected chi connectivity index (χ1v) is 4.82. The molecule has 1 unspecified atom stereocenters. The lowest BCUT2D eigenvalue weighted by Gasteiger charge is -2.18. The lowest BCUT2D eigenvalue weighted by atomic mass is 10.1. The van der Waals surface area contributed by atoms with E-state index in [1.54, 1.807) is 6.20 Å². The summed E-state index contributed by atoms with van der Waals surface area (Å²) in [5, 5.41) is 0. The number of nitrogen functional groups attached to an aromatic ring is 1. The van der Waals surface area contributed by atoms with Crippen LogP contribution < -0.4 is 10.6 Å². The van der Waals surface area contributed by atoms with Gasteiger partial charge in [-0.2, -0.15) is 0 Å². The third kappa shape index (κ3) is 1.64. The van der Waals surface area contributed by atoms with Crippen molar-refractivity contribution in [3.05, 3.63) is 18.3 Å². The van der Waals surface area contributed by atoms with E-state index < -0.39 is 0 Å². The van der Waals surface area contributed by atoms with E-state index in [0.717, 1.165) is 25.3 Å². The molecule has 0 amide bonds. The van der Waals surface area contributed by atoms with E-state index in [0.29, 0.717) is 5.69 Å². The molecule has 1 aromatic rings. The van der Waals surface area contributed by atoms with E-state index in [1.165, 1.54) is 0 Å². The Hall–Kier alpha value is -1.32. The molecule has 2 rings (SSSR count). The van der Waals surface area contributed by atoms with E-state index in [9.17, 15) is 4.39 Å². The lowest BCUT2D eigenvalue weighted by molar-refractivity contribution is 0.384. The lowest BCUT2D eigenvalue weighted by Crippen LogP contribution is -2.22. The minimum absolute atomic E-state index is 0.149. The maximum absolute atomic E-state index is 12.4. The zero-order chi connectivity index (χ0) is 9.97. The van der Waals surface area contributed by atoms with Gasteiger partial charge in [0.05, 0.1) is 12.4 Å². The number of aromatic nitrogens is 1. The quantitative estimate of drug-likeness (QED) is 0.776. The van der Waals surface area contributed by atoms with Crippen LogP contribution >= 0.6 is 0 Å². The Morgan fingerprint density at radius 1 is 1.64 bits per heavy atom. The summed E-state index contributed by atoms with van der Waals surface area (Å²) < 4.78 is 12.4. The second kappa shape index (κ2) is 3.82. The second-order valence-electron chi connectivity index (χ2n) is 3.67. The van der Waals surface area contributed by atoms with Gasteiger partial charge in [-0.25, -0.2) is 4.98 Å². The molecular formula is C10H14FN3. The molecule has 3 nitrogen and oxygen atoms in total. The van der Waals surface area contributed by atoms with Crippen molar-refractivity contribution < 1.29 is 4.39 Å². The minimum atomic E-state index is -0.247. The van der Waals surface area contributed by atoms with Crippen molar-refractivity contribution in [1.29, 1.82) is 0 Å². The van der Waals surface area contributed by atoms with Crippen LogP contribution in [0, 0.1) is 5.92 Å². The monoisotopic (exact) mass is 195 g/mol. The van der Waals surface area contributed by atoms with Crippen LogP contribution in [-0.2, 0) is 0 Å². The van der Waals surface area contributed by atoms with Gasteiger partial charge in [-0.15, -0.1) is 0 Å². The highest BCUT2D eigenvalue weighted by Crippen LogP contribution is 2.26. The molecule has 4 heteroatoms. The number of anilines is 2. The molecule has 0 aliphatic carbocycles. The van der Waals surface area contributed by atoms with Gasteiger partial charge in [0, 0.05) is 25.2 Å². The number of alkyl halides is 1. The average Bonchev–Trinajstić information content (AvgIpc) is 2.67. The fourth-order valence-corrected chi connectivity index (χ4v) is 1.82. The molecule has 0 radical (unpaired) electrons. The first-order chi connectivity index (χ1) is 6.81. The molecule has 14 heavy (non-hydrogen) atoms. The molecule has 0 saturated carbocycles. The smallest absolute Gasteiger partial charge is 0.151 e. The summed E-state index contributed by atoms with van der Waals surface area (Å²) in [6.45, 7) is 1.34. The molecule has 0 spiro atoms. The van der Waals surface area contributed by atoms with Gasteiger partial charge >= 0.3 is 0 Å². The number of hydrogen-bond acceptors (Lipinski definition) is 3. The van der Waals surface area contributed by atoms with Crippen LogP contribution in [0.5, 0.6) is 0 Å². The van der Waals surface area contributed by atoms with Crippen LogP contribution in [0.15, 0.2) is 18.3 Å². The Balaban J connectivity index is 2.13. The molecule has 1 aliphatic rings. The second-order valence-corrected chi connectivity index (χ2v) is 3.67. The predicted octanol–water partition coefficient (Wildman–Crippen LogP) is 1.46. The predicted molar refractivity (Wildman–Crippen MR) is 54.9 cm³/mol. The van der Waals surface area contributed by atoms with Crippen LogP contribution in [-0.4, -0.2) is 24.7 Å². The molecule has 1 fully saturated rings. The summed E-state index contributed by atoms with van der Waals surface area (Å²) >= 11 is 0. The highest BCUT2D eigenvalue weighted by atomic mass is 19.1. The van der Waals surface area contributed by atoms with Crippen LogP contribution in [0.4, 0.5) is 15.9 Å². The number of pyridine rings is 1. The van der Waals surface area contributed by atoms with Crippen molar-refractivity contribution >= 4 is 11.5 Å². The molecule has 1 saturated heterocycles. The number of nitrogens with two attached hydrogens (primary N) is 1. The summed E-state index contributed by atoms with van der Waals surface area (Å²) in [5.74, 6) is 0.944. The van der Waals surface area contributed by atoms with Crippen molar-refractivity contribution in [3.8, 4) is 0 Å². The van der Waals surface area contributed by atoms with Gasteiger partial charge in [0.1, 0.15) is 0 Å². The van der Waals surface area contributed by atoms with Crippen molar-refractivity contribution in [3.63, 3.8) is 0 Å². The van der Waals surface area contributed by atoms with Gasteiger partial charge in [-0.1, -0.05) is 0 Å². The van der Waals surface area contributed by atoms with Crippen LogP contribution in [0.2, 0.25) is 0 Å². The normalized spacial score (nSPS) is 21.5. The number of nitrogens with zero attached hydrogens (tertiary/aromatic N) is 2. The third-order valence-corrected chi connectivity index (χ3v) is 2.62. The summed E-state index contributed by atoms with van der Waals surface area (Å²) in [6, 6.07) is 3.63. The highest BCUT2D eigenvalue weighted by molar-refractivity contribution is 5.62. The zero-order valence-corrected chi connectivity index (χ0v) is 7.99. The molecule has 1 aliphatic heterocycles. The summed E-state index contributed by atoms with van der Waals surface area (Å²) in [5.41, 5.74) is 6.46. The van der Waals surface area contributed by atoms with Crippen LogP contribution in [0.3, 0.4) is 0 Å². The van der Waals surface area contributed by atoms with Crippen LogP contribution in [0.1, 0.15) is 6.42 Å². The summed E-state index contributed by atoms with van der Waals surface area (Å²) in [6.07, 6.45) is 2.61. The van der Waals surface area contributed by atoms with E-state index in [2.05, 4.69) is 9.88 Å². The number of hydrogen-bond donors (Lipinski definition) is 1. The fourth-order valence-electron chi connectivity index (χ4n) is 1.82. The molecule has 2 N–H and O–H groups in total. The largest absolute Gasteiger partial charge is 0.396 e. The molecule has 1 aromatic heterocycles. The van der Waals surface area contributed by atoms with Gasteiger partial charge < -0.3 is 10.6 Å². The first-order valence-electron chi connectivity index (χ1n) is 4.82. The van der Waals surface area contributed by atoms with E-state index in [-0.39, 0.29) is 12.6 Å². The zero-order valence-electron chi connectivity index (χ0n) is 7.99. The van der Waals surface area contributed by atoms with Crippen molar-refractivity contribution in [2.45, 2.75) is 6.42 Å². The first kappa shape index (κ1) is 9.24. The maximum Gasteiger partial charge on any atom is 0.151 e. The topological polar surface area (TPSA) is 42.1 Å². The Morgan fingerprint density at radius 2 is 2.50 bits per heavy atom. The molecule has 76 valence electrons. The van der Waals surface area contributed by atoms with Crippen molar-refractivity contribution in [2.75, 3.05) is 30.4 Å². The van der Waals surface area contributed by atoms with E-state index in [4.69, 9.17) is 5.73 Å². The van der Waals surface area contributed by atoms with Crippen molar-refractivity contribution in [1.82, 2.24) is 4.98 Å². The van der Waals surface area contributed by atoms with Crippen LogP contribution in [0.25, 0.3) is 0 Å². The number of rotatable bonds is 2. The van der Waals surface area contributed by atoms with Gasteiger partial charge in [0.2, 0.25) is 0 Å². The Labute approximate surface area is 82.7 Å². The SMILES string of the molecule is Nc1cccnc1N1CCC(CF)C1. The molecular weight excluding hydrogens is 181 g/mol. The van der Waals surface area contributed by atoms with Gasteiger partial charge in [-0.05, 0) is 18.6 Å². The highest BCUT2D eigenvalue weighted by Gasteiger charge is 2.24. The molecule has 1 atom stereocenters. The van der Waals surface area contributed by atoms with Crippen molar-refractivity contribution in [2.24, 2.45) is 5.92 Å². The molecule has 0 bridgehead atoms. The van der Waals surface area contributed by atoms with Gasteiger partial charge in [0.15, 0.2) is 5.82 Å².